The molecule has 1 aliphatic rings. The minimum atomic E-state index is -0.0357. The third-order valence-electron chi connectivity index (χ3n) is 4.51. The highest BCUT2D eigenvalue weighted by molar-refractivity contribution is 7.12. The molecule has 1 aliphatic heterocycles. The van der Waals surface area contributed by atoms with Crippen LogP contribution in [0.4, 0.5) is 0 Å². The number of nitrogens with one attached hydrogen (secondary N) is 2. The van der Waals surface area contributed by atoms with E-state index in [0.29, 0.717) is 25.7 Å². The topological polar surface area (TPSA) is 78.4 Å². The minimum Gasteiger partial charge on any atom is -0.383 e. The van der Waals surface area contributed by atoms with Gasteiger partial charge in [0.15, 0.2) is 5.96 Å². The number of thiophene rings is 1. The van der Waals surface area contributed by atoms with Gasteiger partial charge in [0, 0.05) is 57.1 Å². The van der Waals surface area contributed by atoms with E-state index in [0.717, 1.165) is 26.3 Å². The molecular formula is C19H33N5O3S. The Bertz CT molecular complexity index is 629. The molecule has 1 saturated heterocycles. The number of nitrogens with zero attached hydrogens (tertiary/aromatic N) is 3. The summed E-state index contributed by atoms with van der Waals surface area (Å²) < 4.78 is 10.6. The number of hydrogen-bond acceptors (Lipinski definition) is 6. The molecule has 1 amide bonds. The molecule has 1 atom stereocenters. The molecule has 158 valence electrons. The number of likely N-dealkylation sites (N-methyl/N-ethyl adjacent to an activating group) is 1. The Kier molecular flexibility index (Phi) is 9.69. The van der Waals surface area contributed by atoms with Crippen molar-refractivity contribution in [3.63, 3.8) is 0 Å². The Balaban J connectivity index is 2.05. The van der Waals surface area contributed by atoms with Gasteiger partial charge in [0.2, 0.25) is 5.91 Å². The van der Waals surface area contributed by atoms with Crippen LogP contribution in [-0.4, -0.2) is 95.4 Å². The molecule has 1 fully saturated rings. The number of aryl methyl sites for hydroxylation is 1. The van der Waals surface area contributed by atoms with E-state index in [2.05, 4.69) is 39.6 Å². The van der Waals surface area contributed by atoms with Crippen LogP contribution in [0.3, 0.4) is 0 Å². The summed E-state index contributed by atoms with van der Waals surface area (Å²) in [5.41, 5.74) is 0. The van der Waals surface area contributed by atoms with E-state index < -0.39 is 0 Å². The molecule has 0 aromatic carbocycles. The van der Waals surface area contributed by atoms with E-state index in [4.69, 9.17) is 9.47 Å². The Morgan fingerprint density at radius 2 is 2.11 bits per heavy atom. The third kappa shape index (κ3) is 7.38. The molecular weight excluding hydrogens is 378 g/mol. The largest absolute Gasteiger partial charge is 0.383 e. The lowest BCUT2D eigenvalue weighted by molar-refractivity contribution is -0.127. The van der Waals surface area contributed by atoms with Crippen molar-refractivity contribution in [3.8, 4) is 0 Å². The van der Waals surface area contributed by atoms with Crippen molar-refractivity contribution in [2.24, 2.45) is 4.99 Å². The highest BCUT2D eigenvalue weighted by Gasteiger charge is 2.24. The number of ether oxygens (including phenoxy) is 2. The van der Waals surface area contributed by atoms with E-state index in [1.807, 2.05) is 11.3 Å². The van der Waals surface area contributed by atoms with Crippen molar-refractivity contribution in [1.29, 1.82) is 0 Å². The summed E-state index contributed by atoms with van der Waals surface area (Å²) in [6.07, 6.45) is 0. The molecule has 8 nitrogen and oxygen atoms in total. The summed E-state index contributed by atoms with van der Waals surface area (Å²) in [6, 6.07) is 4.60. The second-order valence-corrected chi connectivity index (χ2v) is 8.19. The van der Waals surface area contributed by atoms with E-state index >= 15 is 0 Å². The Morgan fingerprint density at radius 1 is 1.36 bits per heavy atom. The van der Waals surface area contributed by atoms with Gasteiger partial charge in [-0.2, -0.15) is 0 Å². The van der Waals surface area contributed by atoms with Gasteiger partial charge in [-0.05, 0) is 19.1 Å². The first-order chi connectivity index (χ1) is 13.5. The summed E-state index contributed by atoms with van der Waals surface area (Å²) in [4.78, 5) is 23.0. The van der Waals surface area contributed by atoms with Gasteiger partial charge in [0.05, 0.1) is 25.9 Å². The number of morpholine rings is 1. The first-order valence-corrected chi connectivity index (χ1v) is 10.4. The van der Waals surface area contributed by atoms with Crippen LogP contribution in [0.1, 0.15) is 15.8 Å². The third-order valence-corrected chi connectivity index (χ3v) is 5.61. The molecule has 1 unspecified atom stereocenters. The second kappa shape index (κ2) is 12.0. The minimum absolute atomic E-state index is 0.0357. The molecule has 0 spiro atoms. The lowest BCUT2D eigenvalue weighted by Gasteiger charge is -2.34. The van der Waals surface area contributed by atoms with Crippen molar-refractivity contribution >= 4 is 23.2 Å². The number of amides is 1. The van der Waals surface area contributed by atoms with Crippen LogP contribution in [0.25, 0.3) is 0 Å². The summed E-state index contributed by atoms with van der Waals surface area (Å²) in [6.45, 7) is 7.46. The lowest BCUT2D eigenvalue weighted by Crippen LogP contribution is -2.46. The van der Waals surface area contributed by atoms with Crippen LogP contribution in [0.5, 0.6) is 0 Å². The first-order valence-electron chi connectivity index (χ1n) is 9.60. The molecule has 0 radical (unpaired) electrons. The van der Waals surface area contributed by atoms with Crippen LogP contribution in [-0.2, 0) is 14.3 Å². The molecule has 0 aliphatic carbocycles. The normalized spacial score (nSPS) is 16.6. The number of guanidine groups is 1. The second-order valence-electron chi connectivity index (χ2n) is 6.87. The molecule has 28 heavy (non-hydrogen) atoms. The zero-order valence-corrected chi connectivity index (χ0v) is 18.2. The van der Waals surface area contributed by atoms with Gasteiger partial charge in [-0.25, -0.2) is 4.99 Å². The summed E-state index contributed by atoms with van der Waals surface area (Å²) in [5.74, 6) is 0.588. The molecule has 0 saturated carbocycles. The van der Waals surface area contributed by atoms with Crippen molar-refractivity contribution in [1.82, 2.24) is 20.4 Å². The predicted molar refractivity (Wildman–Crippen MR) is 113 cm³/mol. The predicted octanol–water partition coefficient (Wildman–Crippen LogP) is 0.700. The van der Waals surface area contributed by atoms with E-state index in [9.17, 15) is 4.79 Å². The highest BCUT2D eigenvalue weighted by atomic mass is 32.1. The quantitative estimate of drug-likeness (QED) is 0.354. The SMILES string of the molecule is COCCNC(=NCC(=O)N(C)C)NCC(c1ccc(C)s1)N1CCOCC1. The Hall–Kier alpha value is -1.68. The maximum atomic E-state index is 11.9. The fourth-order valence-corrected chi connectivity index (χ4v) is 3.87. The fraction of sp³-hybridized carbons (Fsp3) is 0.684. The number of rotatable bonds is 9. The molecule has 2 rings (SSSR count). The van der Waals surface area contributed by atoms with Crippen LogP contribution in [0.15, 0.2) is 17.1 Å². The molecule has 1 aromatic heterocycles. The van der Waals surface area contributed by atoms with Gasteiger partial charge in [-0.15, -0.1) is 11.3 Å². The fourth-order valence-electron chi connectivity index (χ4n) is 2.86. The average Bonchev–Trinajstić information content (AvgIpc) is 3.12. The van der Waals surface area contributed by atoms with Crippen molar-refractivity contribution in [2.45, 2.75) is 13.0 Å². The standard InChI is InChI=1S/C19H33N5O3S/c1-15-5-6-17(28-15)16(24-8-11-27-12-9-24)13-21-19(20-7-10-26-4)22-14-18(25)23(2)3/h5-6,16H,7-14H2,1-4H3,(H2,20,21,22). The molecule has 2 heterocycles. The molecule has 0 bridgehead atoms. The van der Waals surface area contributed by atoms with E-state index in [1.54, 1.807) is 26.1 Å². The zero-order valence-electron chi connectivity index (χ0n) is 17.4. The van der Waals surface area contributed by atoms with Crippen LogP contribution in [0, 0.1) is 6.92 Å². The maximum absolute atomic E-state index is 11.9. The first kappa shape index (κ1) is 22.6. The summed E-state index contributed by atoms with van der Waals surface area (Å²) in [7, 11) is 5.13. The molecule has 2 N–H and O–H groups in total. The van der Waals surface area contributed by atoms with Gasteiger partial charge in [-0.1, -0.05) is 0 Å². The van der Waals surface area contributed by atoms with Crippen LogP contribution >= 0.6 is 11.3 Å². The molecule has 1 aromatic rings. The zero-order chi connectivity index (χ0) is 20.4. The van der Waals surface area contributed by atoms with Crippen molar-refractivity contribution in [3.05, 3.63) is 21.9 Å². The van der Waals surface area contributed by atoms with Crippen molar-refractivity contribution in [2.75, 3.05) is 73.7 Å². The number of carbonyl (C=O) groups excluding carboxylic acids is 1. The molecule has 9 heteroatoms. The number of methoxy groups -OCH3 is 1. The number of hydrogen-bond donors (Lipinski definition) is 2. The lowest BCUT2D eigenvalue weighted by atomic mass is 10.2. The van der Waals surface area contributed by atoms with Gasteiger partial charge in [-0.3, -0.25) is 9.69 Å². The Morgan fingerprint density at radius 3 is 2.71 bits per heavy atom. The van der Waals surface area contributed by atoms with Gasteiger partial charge < -0.3 is 25.0 Å². The van der Waals surface area contributed by atoms with Crippen molar-refractivity contribution < 1.29 is 14.3 Å². The smallest absolute Gasteiger partial charge is 0.243 e. The maximum Gasteiger partial charge on any atom is 0.243 e. The Labute approximate surface area is 171 Å². The number of aliphatic imine (C=N–C) groups is 1. The monoisotopic (exact) mass is 411 g/mol. The van der Waals surface area contributed by atoms with Gasteiger partial charge in [0.1, 0.15) is 6.54 Å². The van der Waals surface area contributed by atoms with E-state index in [-0.39, 0.29) is 18.5 Å². The summed E-state index contributed by atoms with van der Waals surface area (Å²) >= 11 is 1.82. The summed E-state index contributed by atoms with van der Waals surface area (Å²) in [5, 5.41) is 6.65. The van der Waals surface area contributed by atoms with Crippen LogP contribution in [0.2, 0.25) is 0 Å². The van der Waals surface area contributed by atoms with Crippen LogP contribution < -0.4 is 10.6 Å². The average molecular weight is 412 g/mol. The van der Waals surface area contributed by atoms with Gasteiger partial charge in [0.25, 0.3) is 0 Å². The highest BCUT2D eigenvalue weighted by Crippen LogP contribution is 2.27. The van der Waals surface area contributed by atoms with E-state index in [1.165, 1.54) is 9.75 Å². The number of carbonyl (C=O) groups is 1. The van der Waals surface area contributed by atoms with Gasteiger partial charge >= 0.3 is 0 Å².